The number of hydrogen-bond donors (Lipinski definition) is 3. The highest BCUT2D eigenvalue weighted by Crippen LogP contribution is 2.16. The minimum atomic E-state index is -0.394. The number of nitrogens with one attached hydrogen (secondary N) is 3. The Morgan fingerprint density at radius 3 is 2.73 bits per heavy atom. The van der Waals surface area contributed by atoms with E-state index in [2.05, 4.69) is 20.8 Å². The number of hydrazine groups is 1. The number of pyridine rings is 1. The lowest BCUT2D eigenvalue weighted by molar-refractivity contribution is -0.121. The fourth-order valence-corrected chi connectivity index (χ4v) is 2.19. The minimum absolute atomic E-state index is 0.138. The third-order valence-corrected chi connectivity index (χ3v) is 3.23. The fraction of sp³-hybridized carbons (Fsp3) is 0.0625. The summed E-state index contributed by atoms with van der Waals surface area (Å²) in [5, 5.41) is 0.975. The number of rotatable bonds is 3. The number of fused-ring (bicyclic) bond motifs is 1. The summed E-state index contributed by atoms with van der Waals surface area (Å²) in [4.78, 5) is 30.7. The molecule has 2 aromatic heterocycles. The van der Waals surface area contributed by atoms with E-state index in [1.54, 1.807) is 24.5 Å². The van der Waals surface area contributed by atoms with Gasteiger partial charge >= 0.3 is 0 Å². The van der Waals surface area contributed by atoms with Gasteiger partial charge in [-0.3, -0.25) is 25.4 Å². The average Bonchev–Trinajstić information content (AvgIpc) is 3.07. The molecular formula is C16H14N4O2. The van der Waals surface area contributed by atoms with E-state index in [1.165, 1.54) is 0 Å². The zero-order chi connectivity index (χ0) is 15.4. The molecule has 0 fully saturated rings. The first-order valence-electron chi connectivity index (χ1n) is 6.79. The number of nitrogens with zero attached hydrogens (tertiary/aromatic N) is 1. The monoisotopic (exact) mass is 294 g/mol. The Morgan fingerprint density at radius 2 is 1.91 bits per heavy atom. The van der Waals surface area contributed by atoms with Crippen molar-refractivity contribution in [1.29, 1.82) is 0 Å². The van der Waals surface area contributed by atoms with E-state index in [1.807, 2.05) is 30.3 Å². The Morgan fingerprint density at radius 1 is 1.05 bits per heavy atom. The van der Waals surface area contributed by atoms with E-state index in [-0.39, 0.29) is 12.3 Å². The lowest BCUT2D eigenvalue weighted by atomic mass is 10.1. The van der Waals surface area contributed by atoms with Gasteiger partial charge in [0.05, 0.1) is 11.9 Å². The topological polar surface area (TPSA) is 86.9 Å². The Hall–Kier alpha value is -3.15. The maximum absolute atomic E-state index is 12.0. The second-order valence-electron chi connectivity index (χ2n) is 4.76. The molecule has 0 aliphatic heterocycles. The zero-order valence-corrected chi connectivity index (χ0v) is 11.7. The van der Waals surface area contributed by atoms with Crippen LogP contribution in [0.15, 0.2) is 54.9 Å². The lowest BCUT2D eigenvalue weighted by Crippen LogP contribution is -2.42. The highest BCUT2D eigenvalue weighted by molar-refractivity contribution is 5.94. The minimum Gasteiger partial charge on any atom is -0.357 e. The van der Waals surface area contributed by atoms with Crippen molar-refractivity contribution in [2.24, 2.45) is 0 Å². The first-order valence-corrected chi connectivity index (χ1v) is 6.79. The first kappa shape index (κ1) is 13.8. The van der Waals surface area contributed by atoms with Crippen molar-refractivity contribution in [3.8, 4) is 0 Å². The summed E-state index contributed by atoms with van der Waals surface area (Å²) < 4.78 is 0. The number of benzene rings is 1. The number of para-hydroxylation sites is 1. The molecule has 6 nitrogen and oxygen atoms in total. The van der Waals surface area contributed by atoms with Gasteiger partial charge in [-0.2, -0.15) is 0 Å². The van der Waals surface area contributed by atoms with Crippen LogP contribution in [0.5, 0.6) is 0 Å². The van der Waals surface area contributed by atoms with E-state index >= 15 is 0 Å². The van der Waals surface area contributed by atoms with Gasteiger partial charge in [0, 0.05) is 17.8 Å². The van der Waals surface area contributed by atoms with Gasteiger partial charge in [-0.05, 0) is 23.8 Å². The van der Waals surface area contributed by atoms with Crippen LogP contribution in [0.25, 0.3) is 10.9 Å². The summed E-state index contributed by atoms with van der Waals surface area (Å²) in [7, 11) is 0. The molecule has 0 atom stereocenters. The number of amides is 2. The van der Waals surface area contributed by atoms with Gasteiger partial charge in [-0.15, -0.1) is 0 Å². The van der Waals surface area contributed by atoms with E-state index < -0.39 is 5.91 Å². The molecule has 3 N–H and O–H groups in total. The SMILES string of the molecule is O=C(Cc1cccc2cccnc12)NNC(=O)c1ccc[nH]1. The lowest BCUT2D eigenvalue weighted by Gasteiger charge is -2.08. The quantitative estimate of drug-likeness (QED) is 0.641. The van der Waals surface area contributed by atoms with E-state index in [0.29, 0.717) is 5.69 Å². The predicted octanol–water partition coefficient (Wildman–Crippen LogP) is 1.57. The van der Waals surface area contributed by atoms with Crippen molar-refractivity contribution in [2.45, 2.75) is 6.42 Å². The molecule has 0 saturated heterocycles. The Balaban J connectivity index is 1.65. The van der Waals surface area contributed by atoms with Crippen molar-refractivity contribution in [3.63, 3.8) is 0 Å². The van der Waals surface area contributed by atoms with Crippen molar-refractivity contribution in [1.82, 2.24) is 20.8 Å². The van der Waals surface area contributed by atoms with Gasteiger partial charge in [0.15, 0.2) is 0 Å². The van der Waals surface area contributed by atoms with Crippen LogP contribution in [0, 0.1) is 0 Å². The number of aromatic nitrogens is 2. The van der Waals surface area contributed by atoms with Crippen LogP contribution < -0.4 is 10.9 Å². The third-order valence-electron chi connectivity index (χ3n) is 3.23. The zero-order valence-electron chi connectivity index (χ0n) is 11.7. The van der Waals surface area contributed by atoms with Crippen LogP contribution >= 0.6 is 0 Å². The molecule has 0 aliphatic rings. The van der Waals surface area contributed by atoms with Gasteiger partial charge in [0.25, 0.3) is 5.91 Å². The smallest absolute Gasteiger partial charge is 0.286 e. The summed E-state index contributed by atoms with van der Waals surface area (Å²) in [6.07, 6.45) is 3.47. The van der Waals surface area contributed by atoms with Gasteiger partial charge in [0.1, 0.15) is 5.69 Å². The molecular weight excluding hydrogens is 280 g/mol. The molecule has 0 radical (unpaired) electrons. The second kappa shape index (κ2) is 6.09. The Bertz CT molecular complexity index is 807. The van der Waals surface area contributed by atoms with E-state index in [9.17, 15) is 9.59 Å². The van der Waals surface area contributed by atoms with Gasteiger partial charge in [-0.25, -0.2) is 0 Å². The molecule has 1 aromatic carbocycles. The summed E-state index contributed by atoms with van der Waals surface area (Å²) in [5.74, 6) is -0.701. The maximum atomic E-state index is 12.0. The number of carbonyl (C=O) groups is 2. The van der Waals surface area contributed by atoms with Gasteiger partial charge in [0.2, 0.25) is 5.91 Å². The molecule has 2 heterocycles. The maximum Gasteiger partial charge on any atom is 0.286 e. The van der Waals surface area contributed by atoms with Crippen LogP contribution in [0.1, 0.15) is 16.1 Å². The molecule has 6 heteroatoms. The molecule has 3 rings (SSSR count). The normalized spacial score (nSPS) is 10.4. The standard InChI is InChI=1S/C16H14N4O2/c21-14(19-20-16(22)13-7-3-8-17-13)10-12-5-1-4-11-6-2-9-18-15(11)12/h1-9,17H,10H2,(H,19,21)(H,20,22). The summed E-state index contributed by atoms with van der Waals surface area (Å²) in [6, 6.07) is 12.8. The number of aromatic amines is 1. The van der Waals surface area contributed by atoms with E-state index in [0.717, 1.165) is 16.5 Å². The predicted molar refractivity (Wildman–Crippen MR) is 81.8 cm³/mol. The van der Waals surface area contributed by atoms with E-state index in [4.69, 9.17) is 0 Å². The highest BCUT2D eigenvalue weighted by atomic mass is 16.2. The molecule has 0 bridgehead atoms. The molecule has 3 aromatic rings. The summed E-state index contributed by atoms with van der Waals surface area (Å²) in [6.45, 7) is 0. The fourth-order valence-electron chi connectivity index (χ4n) is 2.19. The molecule has 22 heavy (non-hydrogen) atoms. The Kier molecular flexibility index (Phi) is 3.82. The van der Waals surface area contributed by atoms with Crippen LogP contribution in [-0.2, 0) is 11.2 Å². The Labute approximate surface area is 126 Å². The second-order valence-corrected chi connectivity index (χ2v) is 4.76. The first-order chi connectivity index (χ1) is 10.7. The molecule has 0 saturated carbocycles. The van der Waals surface area contributed by atoms with Crippen molar-refractivity contribution in [3.05, 3.63) is 66.1 Å². The molecule has 0 aliphatic carbocycles. The molecule has 110 valence electrons. The number of carbonyl (C=O) groups excluding carboxylic acids is 2. The van der Waals surface area contributed by atoms with Gasteiger partial charge < -0.3 is 4.98 Å². The van der Waals surface area contributed by atoms with Gasteiger partial charge in [-0.1, -0.05) is 24.3 Å². The van der Waals surface area contributed by atoms with Crippen LogP contribution in [0.4, 0.5) is 0 Å². The van der Waals surface area contributed by atoms with Crippen LogP contribution in [0.3, 0.4) is 0 Å². The molecule has 0 spiro atoms. The molecule has 2 amide bonds. The van der Waals surface area contributed by atoms with Crippen molar-refractivity contribution >= 4 is 22.7 Å². The molecule has 0 unspecified atom stereocenters. The largest absolute Gasteiger partial charge is 0.357 e. The summed E-state index contributed by atoms with van der Waals surface area (Å²) in [5.41, 5.74) is 6.74. The van der Waals surface area contributed by atoms with Crippen LogP contribution in [0.2, 0.25) is 0 Å². The number of hydrogen-bond acceptors (Lipinski definition) is 3. The average molecular weight is 294 g/mol. The van der Waals surface area contributed by atoms with Crippen LogP contribution in [-0.4, -0.2) is 21.8 Å². The van der Waals surface area contributed by atoms with Crippen molar-refractivity contribution < 1.29 is 9.59 Å². The van der Waals surface area contributed by atoms with Crippen molar-refractivity contribution in [2.75, 3.05) is 0 Å². The third kappa shape index (κ3) is 2.95. The number of H-pyrrole nitrogens is 1. The summed E-state index contributed by atoms with van der Waals surface area (Å²) >= 11 is 0. The highest BCUT2D eigenvalue weighted by Gasteiger charge is 2.10.